The van der Waals surface area contributed by atoms with Gasteiger partial charge in [-0.2, -0.15) is 0 Å². The molecule has 3 N–H and O–H groups in total. The van der Waals surface area contributed by atoms with Crippen LogP contribution in [-0.2, 0) is 6.54 Å². The van der Waals surface area contributed by atoms with Crippen molar-refractivity contribution in [2.24, 2.45) is 0 Å². The molecule has 6 nitrogen and oxygen atoms in total. The summed E-state index contributed by atoms with van der Waals surface area (Å²) in [5, 5.41) is 10.5. The first-order chi connectivity index (χ1) is 13.2. The lowest BCUT2D eigenvalue weighted by Crippen LogP contribution is -2.56. The maximum Gasteiger partial charge on any atom is 0.315 e. The topological polar surface area (TPSA) is 69.5 Å². The van der Waals surface area contributed by atoms with Crippen molar-refractivity contribution in [1.82, 2.24) is 20.9 Å². The Balaban J connectivity index is 1.25. The molecule has 2 amide bonds. The van der Waals surface area contributed by atoms with Crippen LogP contribution in [0.3, 0.4) is 0 Å². The van der Waals surface area contributed by atoms with Crippen LogP contribution in [0.1, 0.15) is 63.5 Å². The van der Waals surface area contributed by atoms with E-state index in [0.717, 1.165) is 49.4 Å². The van der Waals surface area contributed by atoms with E-state index in [-0.39, 0.29) is 12.1 Å². The molecule has 1 aromatic rings. The lowest BCUT2D eigenvalue weighted by molar-refractivity contribution is 0.186. The smallest absolute Gasteiger partial charge is 0.315 e. The van der Waals surface area contributed by atoms with Crippen molar-refractivity contribution in [3.8, 4) is 0 Å². The average Bonchev–Trinajstić information content (AvgIpc) is 3.27. The van der Waals surface area contributed by atoms with Gasteiger partial charge in [0.25, 0.3) is 0 Å². The second-order valence-corrected chi connectivity index (χ2v) is 8.54. The first kappa shape index (κ1) is 18.6. The maximum atomic E-state index is 12.4. The predicted octanol–water partition coefficient (Wildman–Crippen LogP) is 3.28. The summed E-state index contributed by atoms with van der Waals surface area (Å²) in [5.41, 5.74) is 0. The van der Waals surface area contributed by atoms with Crippen molar-refractivity contribution in [2.45, 2.75) is 88.5 Å². The number of amides is 2. The van der Waals surface area contributed by atoms with Crippen LogP contribution in [0.4, 0.5) is 4.79 Å². The van der Waals surface area contributed by atoms with E-state index in [1.807, 2.05) is 12.1 Å². The van der Waals surface area contributed by atoms with Gasteiger partial charge < -0.3 is 25.3 Å². The maximum absolute atomic E-state index is 12.4. The molecular weight excluding hydrogens is 360 g/mol. The normalized spacial score (nSPS) is 28.0. The highest BCUT2D eigenvalue weighted by Gasteiger charge is 2.42. The van der Waals surface area contributed by atoms with Crippen molar-refractivity contribution in [3.63, 3.8) is 0 Å². The minimum Gasteiger partial charge on any atom is -0.467 e. The molecular formula is C20H30N4O2S. The summed E-state index contributed by atoms with van der Waals surface area (Å²) in [7, 11) is 0. The molecule has 0 aromatic carbocycles. The van der Waals surface area contributed by atoms with Gasteiger partial charge in [-0.15, -0.1) is 0 Å². The summed E-state index contributed by atoms with van der Waals surface area (Å²) in [6, 6.07) is 5.29. The van der Waals surface area contributed by atoms with E-state index in [9.17, 15) is 4.79 Å². The minimum absolute atomic E-state index is 0.0123. The highest BCUT2D eigenvalue weighted by atomic mass is 32.1. The molecule has 0 radical (unpaired) electrons. The summed E-state index contributed by atoms with van der Waals surface area (Å²) in [4.78, 5) is 14.7. The Morgan fingerprint density at radius 3 is 2.44 bits per heavy atom. The van der Waals surface area contributed by atoms with Crippen molar-refractivity contribution < 1.29 is 9.21 Å². The van der Waals surface area contributed by atoms with E-state index < -0.39 is 0 Å². The zero-order valence-corrected chi connectivity index (χ0v) is 16.6. The molecule has 7 heteroatoms. The summed E-state index contributed by atoms with van der Waals surface area (Å²) in [6.45, 7) is 0.618. The predicted molar refractivity (Wildman–Crippen MR) is 108 cm³/mol. The Kier molecular flexibility index (Phi) is 5.86. The van der Waals surface area contributed by atoms with Crippen LogP contribution in [0.15, 0.2) is 22.8 Å². The third-order valence-corrected chi connectivity index (χ3v) is 6.59. The second kappa shape index (κ2) is 8.50. The molecule has 2 bridgehead atoms. The number of fused-ring (bicyclic) bond motifs is 2. The number of rotatable bonds is 4. The molecule has 1 saturated carbocycles. The largest absolute Gasteiger partial charge is 0.467 e. The SMILES string of the molecule is O=C(NC1CCCCC1)NC1C[C@@H]2CC[C@@H](C1)N2C(=S)NCc1ccco1. The molecule has 3 aliphatic rings. The number of furan rings is 1. The number of piperidine rings is 1. The summed E-state index contributed by atoms with van der Waals surface area (Å²) >= 11 is 5.65. The lowest BCUT2D eigenvalue weighted by Gasteiger charge is -2.40. The highest BCUT2D eigenvalue weighted by Crippen LogP contribution is 2.35. The molecule has 0 unspecified atom stereocenters. The van der Waals surface area contributed by atoms with Crippen molar-refractivity contribution in [2.75, 3.05) is 0 Å². The lowest BCUT2D eigenvalue weighted by atomic mass is 9.95. The Morgan fingerprint density at radius 1 is 1.07 bits per heavy atom. The number of nitrogens with one attached hydrogen (secondary N) is 3. The fourth-order valence-electron chi connectivity index (χ4n) is 4.95. The molecule has 2 saturated heterocycles. The molecule has 2 aliphatic heterocycles. The van der Waals surface area contributed by atoms with Gasteiger partial charge in [-0.25, -0.2) is 4.79 Å². The number of hydrogen-bond donors (Lipinski definition) is 3. The molecule has 3 heterocycles. The summed E-state index contributed by atoms with van der Waals surface area (Å²) in [6.07, 6.45) is 11.9. The third kappa shape index (κ3) is 4.57. The fourth-order valence-corrected chi connectivity index (χ4v) is 5.32. The van der Waals surface area contributed by atoms with Crippen LogP contribution < -0.4 is 16.0 Å². The van der Waals surface area contributed by atoms with Gasteiger partial charge in [-0.05, 0) is 62.9 Å². The molecule has 27 heavy (non-hydrogen) atoms. The van der Waals surface area contributed by atoms with E-state index in [0.29, 0.717) is 24.7 Å². The van der Waals surface area contributed by atoms with Crippen LogP contribution >= 0.6 is 12.2 Å². The van der Waals surface area contributed by atoms with Crippen LogP contribution in [0, 0.1) is 0 Å². The van der Waals surface area contributed by atoms with Crippen molar-refractivity contribution in [3.05, 3.63) is 24.2 Å². The van der Waals surface area contributed by atoms with E-state index in [2.05, 4.69) is 20.9 Å². The Bertz CT molecular complexity index is 630. The van der Waals surface area contributed by atoms with E-state index in [1.54, 1.807) is 6.26 Å². The van der Waals surface area contributed by atoms with Crippen LogP contribution in [0.2, 0.25) is 0 Å². The first-order valence-corrected chi connectivity index (χ1v) is 10.8. The van der Waals surface area contributed by atoms with Crippen LogP contribution in [0.25, 0.3) is 0 Å². The Labute approximate surface area is 166 Å². The Morgan fingerprint density at radius 2 is 1.78 bits per heavy atom. The second-order valence-electron chi connectivity index (χ2n) is 8.15. The first-order valence-electron chi connectivity index (χ1n) is 10.3. The van der Waals surface area contributed by atoms with E-state index in [1.165, 1.54) is 19.3 Å². The molecule has 1 aromatic heterocycles. The molecule has 3 fully saturated rings. The van der Waals surface area contributed by atoms with Gasteiger partial charge in [0.1, 0.15) is 5.76 Å². The molecule has 148 valence electrons. The standard InChI is InChI=1S/C20H30N4O2S/c25-19(22-14-5-2-1-3-6-14)23-15-11-16-8-9-17(12-15)24(16)20(27)21-13-18-7-4-10-26-18/h4,7,10,14-17H,1-3,5-6,8-9,11-13H2,(H,21,27)(H2,22,23,25)/t16-,17-/m0/s1. The number of urea groups is 1. The zero-order chi connectivity index (χ0) is 18.6. The fraction of sp³-hybridized carbons (Fsp3) is 0.700. The van der Waals surface area contributed by atoms with E-state index >= 15 is 0 Å². The monoisotopic (exact) mass is 390 g/mol. The van der Waals surface area contributed by atoms with Crippen molar-refractivity contribution >= 4 is 23.4 Å². The number of thiocarbonyl (C=S) groups is 1. The summed E-state index contributed by atoms with van der Waals surface area (Å²) < 4.78 is 5.37. The molecule has 4 rings (SSSR count). The van der Waals surface area contributed by atoms with Gasteiger partial charge in [0, 0.05) is 24.2 Å². The number of carbonyl (C=O) groups is 1. The third-order valence-electron chi connectivity index (χ3n) is 6.24. The highest BCUT2D eigenvalue weighted by molar-refractivity contribution is 7.80. The molecule has 1 aliphatic carbocycles. The number of carbonyl (C=O) groups excluding carboxylic acids is 1. The molecule has 0 spiro atoms. The van der Waals surface area contributed by atoms with Gasteiger partial charge in [0.05, 0.1) is 12.8 Å². The van der Waals surface area contributed by atoms with Gasteiger partial charge in [0.2, 0.25) is 0 Å². The van der Waals surface area contributed by atoms with Gasteiger partial charge in [-0.1, -0.05) is 19.3 Å². The van der Waals surface area contributed by atoms with Gasteiger partial charge >= 0.3 is 6.03 Å². The van der Waals surface area contributed by atoms with Crippen LogP contribution in [0.5, 0.6) is 0 Å². The quantitative estimate of drug-likeness (QED) is 0.689. The van der Waals surface area contributed by atoms with Gasteiger partial charge in [-0.3, -0.25) is 0 Å². The average molecular weight is 391 g/mol. The molecule has 2 atom stereocenters. The van der Waals surface area contributed by atoms with Crippen LogP contribution in [-0.4, -0.2) is 40.2 Å². The zero-order valence-electron chi connectivity index (χ0n) is 15.8. The van der Waals surface area contributed by atoms with E-state index in [4.69, 9.17) is 16.6 Å². The van der Waals surface area contributed by atoms with Crippen molar-refractivity contribution in [1.29, 1.82) is 0 Å². The number of nitrogens with zero attached hydrogens (tertiary/aromatic N) is 1. The minimum atomic E-state index is 0.0123. The number of hydrogen-bond acceptors (Lipinski definition) is 3. The summed E-state index contributed by atoms with van der Waals surface area (Å²) in [5.74, 6) is 0.889. The van der Waals surface area contributed by atoms with Gasteiger partial charge in [0.15, 0.2) is 5.11 Å². The Hall–Kier alpha value is -1.76.